The third-order valence-corrected chi connectivity index (χ3v) is 5.97. The molecule has 0 amide bonds. The van der Waals surface area contributed by atoms with Crippen molar-refractivity contribution in [2.24, 2.45) is 0 Å². The van der Waals surface area contributed by atoms with Gasteiger partial charge in [0.25, 0.3) is 0 Å². The second kappa shape index (κ2) is 13.0. The van der Waals surface area contributed by atoms with Crippen molar-refractivity contribution in [2.45, 2.75) is 0 Å². The van der Waals surface area contributed by atoms with Gasteiger partial charge in [-0.25, -0.2) is 19.2 Å². The van der Waals surface area contributed by atoms with E-state index in [1.807, 2.05) is 0 Å². The van der Waals surface area contributed by atoms with E-state index in [1.54, 1.807) is 0 Å². The molecule has 0 saturated heterocycles. The van der Waals surface area contributed by atoms with E-state index < -0.39 is 23.9 Å². The molecule has 10 heteroatoms. The summed E-state index contributed by atoms with van der Waals surface area (Å²) >= 11 is 0. The van der Waals surface area contributed by atoms with E-state index in [1.165, 1.54) is 121 Å². The number of benzene rings is 5. The van der Waals surface area contributed by atoms with Crippen molar-refractivity contribution in [3.8, 4) is 34.5 Å². The SMILES string of the molecule is O=C(Oc1cccc(C(=O)Oc2ccc(OC(=O)c3cccc(OC(=O)c4cccc(O)c4)c3)cc2)c1)c1cccc(O)c1. The van der Waals surface area contributed by atoms with Gasteiger partial charge in [0.1, 0.15) is 34.5 Å². The van der Waals surface area contributed by atoms with E-state index in [-0.39, 0.29) is 56.8 Å². The first-order valence-electron chi connectivity index (χ1n) is 13.0. The second-order valence-corrected chi connectivity index (χ2v) is 9.19. The number of ether oxygens (including phenoxy) is 4. The molecule has 0 spiro atoms. The van der Waals surface area contributed by atoms with Crippen molar-refractivity contribution in [3.05, 3.63) is 144 Å². The summed E-state index contributed by atoms with van der Waals surface area (Å²) < 4.78 is 21.4. The van der Waals surface area contributed by atoms with E-state index in [9.17, 15) is 29.4 Å². The zero-order valence-corrected chi connectivity index (χ0v) is 22.7. The van der Waals surface area contributed by atoms with Crippen LogP contribution in [-0.4, -0.2) is 34.1 Å². The highest BCUT2D eigenvalue weighted by atomic mass is 16.5. The van der Waals surface area contributed by atoms with Gasteiger partial charge < -0.3 is 29.2 Å². The van der Waals surface area contributed by atoms with Gasteiger partial charge in [-0.05, 0) is 97.1 Å². The average Bonchev–Trinajstić information content (AvgIpc) is 3.02. The van der Waals surface area contributed by atoms with E-state index in [4.69, 9.17) is 18.9 Å². The van der Waals surface area contributed by atoms with Crippen LogP contribution in [0.25, 0.3) is 0 Å². The first-order chi connectivity index (χ1) is 21.2. The van der Waals surface area contributed by atoms with Gasteiger partial charge in [0.2, 0.25) is 0 Å². The van der Waals surface area contributed by atoms with E-state index >= 15 is 0 Å². The van der Waals surface area contributed by atoms with Crippen molar-refractivity contribution in [1.82, 2.24) is 0 Å². The van der Waals surface area contributed by atoms with Crippen LogP contribution in [-0.2, 0) is 0 Å². The Morgan fingerprint density at radius 3 is 1.00 bits per heavy atom. The number of aromatic hydroxyl groups is 2. The van der Waals surface area contributed by atoms with Crippen LogP contribution in [0.15, 0.2) is 121 Å². The van der Waals surface area contributed by atoms with Gasteiger partial charge in [-0.2, -0.15) is 0 Å². The molecule has 0 atom stereocenters. The Morgan fingerprint density at radius 1 is 0.364 bits per heavy atom. The van der Waals surface area contributed by atoms with Crippen LogP contribution in [0.3, 0.4) is 0 Å². The third kappa shape index (κ3) is 7.45. The molecule has 0 bridgehead atoms. The molecular formula is C34H22O10. The van der Waals surface area contributed by atoms with Crippen LogP contribution < -0.4 is 18.9 Å². The van der Waals surface area contributed by atoms with Gasteiger partial charge in [0, 0.05) is 0 Å². The van der Waals surface area contributed by atoms with Crippen LogP contribution in [0.5, 0.6) is 34.5 Å². The van der Waals surface area contributed by atoms with Crippen LogP contribution in [0.1, 0.15) is 41.4 Å². The summed E-state index contributed by atoms with van der Waals surface area (Å²) in [6.07, 6.45) is 0. The summed E-state index contributed by atoms with van der Waals surface area (Å²) in [5.41, 5.74) is 0.512. The van der Waals surface area contributed by atoms with Crippen LogP contribution in [0.4, 0.5) is 0 Å². The quantitative estimate of drug-likeness (QED) is 0.164. The van der Waals surface area contributed by atoms with Gasteiger partial charge in [-0.3, -0.25) is 0 Å². The molecule has 0 unspecified atom stereocenters. The lowest BCUT2D eigenvalue weighted by molar-refractivity contribution is 0.0711. The lowest BCUT2D eigenvalue weighted by atomic mass is 10.2. The molecule has 5 aromatic carbocycles. The molecule has 0 aliphatic rings. The molecule has 10 nitrogen and oxygen atoms in total. The third-order valence-electron chi connectivity index (χ3n) is 5.97. The number of phenols is 2. The summed E-state index contributed by atoms with van der Waals surface area (Å²) in [6, 6.07) is 28.7. The minimum atomic E-state index is -0.720. The highest BCUT2D eigenvalue weighted by Gasteiger charge is 2.16. The summed E-state index contributed by atoms with van der Waals surface area (Å²) in [5.74, 6) is -2.50. The minimum Gasteiger partial charge on any atom is -0.508 e. The van der Waals surface area contributed by atoms with Gasteiger partial charge in [-0.15, -0.1) is 0 Å². The van der Waals surface area contributed by atoms with Crippen molar-refractivity contribution in [3.63, 3.8) is 0 Å². The van der Waals surface area contributed by atoms with Gasteiger partial charge in [0.15, 0.2) is 0 Å². The molecule has 5 aromatic rings. The molecule has 5 rings (SSSR count). The predicted octanol–water partition coefficient (Wildman–Crippen LogP) is 5.97. The Balaban J connectivity index is 1.17. The summed E-state index contributed by atoms with van der Waals surface area (Å²) in [6.45, 7) is 0. The van der Waals surface area contributed by atoms with Gasteiger partial charge >= 0.3 is 23.9 Å². The molecule has 0 aliphatic carbocycles. The lowest BCUT2D eigenvalue weighted by Gasteiger charge is -2.09. The standard InChI is InChI=1S/C34H22O10/c35-25-9-1-5-21(17-25)31(37)43-29-11-3-7-23(19-29)33(39)41-27-13-15-28(16-14-27)42-34(40)24-8-4-12-30(20-24)44-32(38)22-6-2-10-26(36)18-22/h1-20,35-36H. The number of carbonyl (C=O) groups excluding carboxylic acids is 4. The van der Waals surface area contributed by atoms with Crippen LogP contribution in [0, 0.1) is 0 Å². The summed E-state index contributed by atoms with van der Waals surface area (Å²) in [4.78, 5) is 50.1. The molecule has 44 heavy (non-hydrogen) atoms. The fourth-order valence-corrected chi connectivity index (χ4v) is 3.88. The molecule has 0 aromatic heterocycles. The maximum Gasteiger partial charge on any atom is 0.343 e. The van der Waals surface area contributed by atoms with Crippen LogP contribution >= 0.6 is 0 Å². The fraction of sp³-hybridized carbons (Fsp3) is 0. The maximum absolute atomic E-state index is 12.7. The number of phenolic OH excluding ortho intramolecular Hbond substituents is 2. The van der Waals surface area contributed by atoms with Crippen LogP contribution in [0.2, 0.25) is 0 Å². The number of hydrogen-bond donors (Lipinski definition) is 2. The van der Waals surface area contributed by atoms with E-state index in [0.717, 1.165) is 0 Å². The Bertz CT molecular complexity index is 1720. The molecule has 2 N–H and O–H groups in total. The smallest absolute Gasteiger partial charge is 0.343 e. The Kier molecular flexibility index (Phi) is 8.62. The number of rotatable bonds is 8. The zero-order chi connectivity index (χ0) is 31.1. The summed E-state index contributed by atoms with van der Waals surface area (Å²) in [5, 5.41) is 19.1. The predicted molar refractivity (Wildman–Crippen MR) is 155 cm³/mol. The van der Waals surface area contributed by atoms with Gasteiger partial charge in [-0.1, -0.05) is 24.3 Å². The van der Waals surface area contributed by atoms with E-state index in [2.05, 4.69) is 0 Å². The van der Waals surface area contributed by atoms with Crippen molar-refractivity contribution >= 4 is 23.9 Å². The first kappa shape index (κ1) is 29.1. The largest absolute Gasteiger partial charge is 0.508 e. The molecule has 0 aliphatic heterocycles. The monoisotopic (exact) mass is 590 g/mol. The molecule has 0 radical (unpaired) electrons. The number of esters is 4. The Hall–Kier alpha value is -6.42. The molecule has 0 saturated carbocycles. The van der Waals surface area contributed by atoms with Crippen molar-refractivity contribution < 1.29 is 48.3 Å². The lowest BCUT2D eigenvalue weighted by Crippen LogP contribution is -2.12. The number of hydrogen-bond acceptors (Lipinski definition) is 10. The van der Waals surface area contributed by atoms with Crippen molar-refractivity contribution in [1.29, 1.82) is 0 Å². The molecule has 0 heterocycles. The topological polar surface area (TPSA) is 146 Å². The fourth-order valence-electron chi connectivity index (χ4n) is 3.88. The number of carbonyl (C=O) groups is 4. The average molecular weight is 591 g/mol. The highest BCUT2D eigenvalue weighted by molar-refractivity contribution is 5.94. The Morgan fingerprint density at radius 2 is 0.659 bits per heavy atom. The highest BCUT2D eigenvalue weighted by Crippen LogP contribution is 2.23. The zero-order valence-electron chi connectivity index (χ0n) is 22.7. The van der Waals surface area contributed by atoms with E-state index in [0.29, 0.717) is 0 Å². The van der Waals surface area contributed by atoms with Gasteiger partial charge in [0.05, 0.1) is 22.3 Å². The van der Waals surface area contributed by atoms with Crippen molar-refractivity contribution in [2.75, 3.05) is 0 Å². The first-order valence-corrected chi connectivity index (χ1v) is 13.0. The molecular weight excluding hydrogens is 568 g/mol. The summed E-state index contributed by atoms with van der Waals surface area (Å²) in [7, 11) is 0. The second-order valence-electron chi connectivity index (χ2n) is 9.19. The molecule has 218 valence electrons. The minimum absolute atomic E-state index is 0.0864. The normalized spacial score (nSPS) is 10.4. The molecule has 0 fully saturated rings. The maximum atomic E-state index is 12.7. The Labute approximate surface area is 250 Å².